The molecule has 0 bridgehead atoms. The number of nitro groups is 2. The number of benzene rings is 2. The fourth-order valence-corrected chi connectivity index (χ4v) is 2.89. The van der Waals surface area contributed by atoms with Crippen LogP contribution < -0.4 is 9.47 Å². The minimum Gasteiger partial charge on any atom is -0.493 e. The fraction of sp³-hybridized carbons (Fsp3) is 0.182. The normalized spacial score (nSPS) is 9.97. The van der Waals surface area contributed by atoms with E-state index < -0.39 is 33.2 Å². The molecule has 178 valence electrons. The van der Waals surface area contributed by atoms with Crippen molar-refractivity contribution >= 4 is 29.4 Å². The van der Waals surface area contributed by atoms with E-state index in [-0.39, 0.29) is 29.2 Å². The lowest BCUT2D eigenvalue weighted by atomic mass is 10.0. The molecule has 0 aliphatic heterocycles. The molecule has 0 N–H and O–H groups in total. The number of allylic oxidation sites excluding steroid dienone is 1. The third-order valence-electron chi connectivity index (χ3n) is 4.42. The van der Waals surface area contributed by atoms with Crippen molar-refractivity contribution in [3.8, 4) is 17.2 Å². The number of non-ortho nitro benzene ring substituents is 1. The zero-order valence-electron chi connectivity index (χ0n) is 18.4. The standard InChI is InChI=1S/C22H20N2O10/c1-5-6-14-9-13(10-16(21(25)32-3)22(26)33-4)11-19(31-2)20(14)34-18-8-7-15(23(27)28)12-17(18)24(29)30/h5,7-12H,1,6H2,2-4H3. The molecule has 2 aromatic rings. The first-order valence-electron chi connectivity index (χ1n) is 9.47. The lowest BCUT2D eigenvalue weighted by molar-refractivity contribution is -0.394. The summed E-state index contributed by atoms with van der Waals surface area (Å²) in [6.07, 6.45) is 2.96. The zero-order chi connectivity index (χ0) is 25.4. The molecule has 12 nitrogen and oxygen atoms in total. The van der Waals surface area contributed by atoms with Crippen molar-refractivity contribution in [3.63, 3.8) is 0 Å². The van der Waals surface area contributed by atoms with Gasteiger partial charge in [-0.1, -0.05) is 6.08 Å². The summed E-state index contributed by atoms with van der Waals surface area (Å²) >= 11 is 0. The molecule has 0 fully saturated rings. The van der Waals surface area contributed by atoms with Crippen LogP contribution in [0, 0.1) is 20.2 Å². The molecule has 0 amide bonds. The molecule has 0 aromatic heterocycles. The number of carbonyl (C=O) groups excluding carboxylic acids is 2. The third-order valence-corrected chi connectivity index (χ3v) is 4.42. The molecule has 0 spiro atoms. The second-order valence-electron chi connectivity index (χ2n) is 6.51. The number of esters is 2. The van der Waals surface area contributed by atoms with Gasteiger partial charge in [-0.05, 0) is 36.3 Å². The smallest absolute Gasteiger partial charge is 0.345 e. The second-order valence-corrected chi connectivity index (χ2v) is 6.51. The second kappa shape index (κ2) is 11.2. The summed E-state index contributed by atoms with van der Waals surface area (Å²) < 4.78 is 20.4. The van der Waals surface area contributed by atoms with Gasteiger partial charge in [0.15, 0.2) is 11.5 Å². The van der Waals surface area contributed by atoms with Crippen LogP contribution in [0.5, 0.6) is 17.2 Å². The van der Waals surface area contributed by atoms with Gasteiger partial charge in [-0.2, -0.15) is 0 Å². The maximum Gasteiger partial charge on any atom is 0.345 e. The largest absolute Gasteiger partial charge is 0.493 e. The van der Waals surface area contributed by atoms with Gasteiger partial charge in [-0.3, -0.25) is 20.2 Å². The molecule has 0 aliphatic carbocycles. The van der Waals surface area contributed by atoms with E-state index in [9.17, 15) is 29.8 Å². The molecular weight excluding hydrogens is 452 g/mol. The Morgan fingerprint density at radius 3 is 2.12 bits per heavy atom. The summed E-state index contributed by atoms with van der Waals surface area (Å²) in [5.41, 5.74) is -0.705. The number of nitrogens with zero attached hydrogens (tertiary/aromatic N) is 2. The van der Waals surface area contributed by atoms with Gasteiger partial charge in [0.05, 0.1) is 37.2 Å². The molecule has 0 heterocycles. The van der Waals surface area contributed by atoms with E-state index in [1.165, 1.54) is 25.3 Å². The van der Waals surface area contributed by atoms with Crippen LogP contribution >= 0.6 is 0 Å². The Hall–Kier alpha value is -4.74. The number of carbonyl (C=O) groups is 2. The van der Waals surface area contributed by atoms with Crippen LogP contribution in [-0.2, 0) is 25.5 Å². The van der Waals surface area contributed by atoms with Gasteiger partial charge in [0.1, 0.15) is 5.57 Å². The molecule has 0 aliphatic rings. The Kier molecular flexibility index (Phi) is 8.42. The molecule has 0 atom stereocenters. The number of hydrogen-bond donors (Lipinski definition) is 0. The average molecular weight is 472 g/mol. The van der Waals surface area contributed by atoms with E-state index in [1.807, 2.05) is 0 Å². The first kappa shape index (κ1) is 25.5. The van der Waals surface area contributed by atoms with Gasteiger partial charge in [0, 0.05) is 11.6 Å². The number of methoxy groups -OCH3 is 3. The van der Waals surface area contributed by atoms with Crippen LogP contribution in [0.4, 0.5) is 11.4 Å². The minimum absolute atomic E-state index is 0.0780. The Labute approximate surface area is 193 Å². The summed E-state index contributed by atoms with van der Waals surface area (Å²) in [7, 11) is 3.53. The van der Waals surface area contributed by atoms with Crippen molar-refractivity contribution in [1.82, 2.24) is 0 Å². The highest BCUT2D eigenvalue weighted by atomic mass is 16.6. The monoisotopic (exact) mass is 472 g/mol. The number of ether oxygens (including phenoxy) is 4. The molecule has 34 heavy (non-hydrogen) atoms. The lowest BCUT2D eigenvalue weighted by Gasteiger charge is -2.16. The predicted molar refractivity (Wildman–Crippen MR) is 119 cm³/mol. The quantitative estimate of drug-likeness (QED) is 0.0948. The van der Waals surface area contributed by atoms with Crippen molar-refractivity contribution in [1.29, 1.82) is 0 Å². The van der Waals surface area contributed by atoms with Crippen molar-refractivity contribution in [2.24, 2.45) is 0 Å². The van der Waals surface area contributed by atoms with Gasteiger partial charge < -0.3 is 18.9 Å². The van der Waals surface area contributed by atoms with E-state index in [0.29, 0.717) is 11.1 Å². The maximum absolute atomic E-state index is 12.0. The Bertz CT molecular complexity index is 1170. The predicted octanol–water partition coefficient (Wildman–Crippen LogP) is 3.76. The molecule has 0 radical (unpaired) electrons. The van der Waals surface area contributed by atoms with Crippen molar-refractivity contribution in [3.05, 3.63) is 79.9 Å². The molecule has 2 aromatic carbocycles. The highest BCUT2D eigenvalue weighted by Gasteiger charge is 2.24. The van der Waals surface area contributed by atoms with Crippen LogP contribution in [0.1, 0.15) is 11.1 Å². The highest BCUT2D eigenvalue weighted by molar-refractivity contribution is 6.17. The van der Waals surface area contributed by atoms with Crippen molar-refractivity contribution in [2.75, 3.05) is 21.3 Å². The van der Waals surface area contributed by atoms with Crippen LogP contribution in [0.25, 0.3) is 6.08 Å². The van der Waals surface area contributed by atoms with E-state index >= 15 is 0 Å². The number of nitro benzene ring substituents is 2. The van der Waals surface area contributed by atoms with Crippen molar-refractivity contribution < 1.29 is 38.4 Å². The lowest BCUT2D eigenvalue weighted by Crippen LogP contribution is -2.15. The minimum atomic E-state index is -0.919. The van der Waals surface area contributed by atoms with Crippen LogP contribution in [-0.4, -0.2) is 43.1 Å². The fourth-order valence-electron chi connectivity index (χ4n) is 2.89. The van der Waals surface area contributed by atoms with Crippen molar-refractivity contribution in [2.45, 2.75) is 6.42 Å². The molecular formula is C22H20N2O10. The Balaban J connectivity index is 2.67. The van der Waals surface area contributed by atoms with Gasteiger partial charge in [-0.15, -0.1) is 6.58 Å². The topological polar surface area (TPSA) is 157 Å². The summed E-state index contributed by atoms with van der Waals surface area (Å²) in [4.78, 5) is 44.9. The molecule has 0 saturated carbocycles. The van der Waals surface area contributed by atoms with E-state index in [0.717, 1.165) is 32.4 Å². The van der Waals surface area contributed by atoms with Crippen LogP contribution in [0.3, 0.4) is 0 Å². The van der Waals surface area contributed by atoms with Gasteiger partial charge >= 0.3 is 17.6 Å². The molecule has 0 saturated heterocycles. The molecule has 12 heteroatoms. The Morgan fingerprint density at radius 2 is 1.62 bits per heavy atom. The van der Waals surface area contributed by atoms with E-state index in [1.54, 1.807) is 6.07 Å². The SMILES string of the molecule is C=CCc1cc(C=C(C(=O)OC)C(=O)OC)cc(OC)c1Oc1ccc([N+](=O)[O-])cc1[N+](=O)[O-]. The first-order chi connectivity index (χ1) is 16.2. The molecule has 0 unspecified atom stereocenters. The van der Waals surface area contributed by atoms with Gasteiger partial charge in [-0.25, -0.2) is 9.59 Å². The van der Waals surface area contributed by atoms with Crippen LogP contribution in [0.2, 0.25) is 0 Å². The summed E-state index contributed by atoms with van der Waals surface area (Å²) in [5.74, 6) is -1.91. The number of rotatable bonds is 10. The Morgan fingerprint density at radius 1 is 0.971 bits per heavy atom. The van der Waals surface area contributed by atoms with Gasteiger partial charge in [0.25, 0.3) is 5.69 Å². The first-order valence-corrected chi connectivity index (χ1v) is 9.47. The maximum atomic E-state index is 12.0. The highest BCUT2D eigenvalue weighted by Crippen LogP contribution is 2.41. The molecule has 2 rings (SSSR count). The zero-order valence-corrected chi connectivity index (χ0v) is 18.4. The van der Waals surface area contributed by atoms with E-state index in [4.69, 9.17) is 9.47 Å². The van der Waals surface area contributed by atoms with E-state index in [2.05, 4.69) is 16.1 Å². The van der Waals surface area contributed by atoms with Crippen LogP contribution in [0.15, 0.2) is 48.6 Å². The number of hydrogen-bond acceptors (Lipinski definition) is 10. The summed E-state index contributed by atoms with van der Waals surface area (Å²) in [5, 5.41) is 22.5. The summed E-state index contributed by atoms with van der Waals surface area (Å²) in [6, 6.07) is 5.92. The van der Waals surface area contributed by atoms with Gasteiger partial charge in [0.2, 0.25) is 5.75 Å². The average Bonchev–Trinajstić information content (AvgIpc) is 2.82. The third kappa shape index (κ3) is 5.73. The summed E-state index contributed by atoms with van der Waals surface area (Å²) in [6.45, 7) is 3.67.